The Morgan fingerprint density at radius 2 is 0.933 bits per heavy atom. The molecule has 0 spiro atoms. The Kier molecular flexibility index (Phi) is 12.5. The van der Waals surface area contributed by atoms with Gasteiger partial charge >= 0.3 is 50.1 Å². The molecule has 5 aromatic rings. The molecule has 0 N–H and O–H groups in total. The summed E-state index contributed by atoms with van der Waals surface area (Å²) in [6.07, 6.45) is 5.63. The molecule has 0 aliphatic rings. The Labute approximate surface area is 271 Å². The first kappa shape index (κ1) is 36.3. The van der Waals surface area contributed by atoms with Crippen molar-refractivity contribution in [1.29, 1.82) is 0 Å². The molecule has 0 aliphatic carbocycles. The van der Waals surface area contributed by atoms with Crippen LogP contribution >= 0.6 is 15.7 Å². The summed E-state index contributed by atoms with van der Waals surface area (Å²) >= 11 is 0. The molecule has 241 valence electrons. The van der Waals surface area contributed by atoms with Gasteiger partial charge in [0.2, 0.25) is 0 Å². The second-order valence-electron chi connectivity index (χ2n) is 10.1. The molecule has 2 heterocycles. The number of nitrogens with zero attached hydrogens (tertiary/aromatic N) is 3. The van der Waals surface area contributed by atoms with Gasteiger partial charge in [-0.2, -0.15) is 0 Å². The third kappa shape index (κ3) is 14.2. The minimum atomic E-state index is -10.7. The average Bonchev–Trinajstić information content (AvgIpc) is 3.00. The Morgan fingerprint density at radius 3 is 1.36 bits per heavy atom. The topological polar surface area (TPSA) is 29.0 Å². The van der Waals surface area contributed by atoms with Crippen LogP contribution in [-0.2, 0) is 36.5 Å². The molecular weight excluding hydrogens is 678 g/mol. The molecule has 0 atom stereocenters. The van der Waals surface area contributed by atoms with Crippen molar-refractivity contribution in [3.63, 3.8) is 0 Å². The van der Waals surface area contributed by atoms with Crippen LogP contribution < -0.4 is 15.9 Å². The van der Waals surface area contributed by atoms with Crippen molar-refractivity contribution in [2.45, 2.75) is 19.4 Å². The molecule has 0 fully saturated rings. The number of aromatic nitrogens is 2. The minimum Gasteiger partial charge on any atom is -0.298 e. The second kappa shape index (κ2) is 15.4. The van der Waals surface area contributed by atoms with Gasteiger partial charge in [0.05, 0.1) is 7.92 Å². The fraction of sp³-hybridized carbons (Fsp3) is 0.152. The average molecular weight is 711 g/mol. The van der Waals surface area contributed by atoms with Crippen LogP contribution in [0.2, 0.25) is 0 Å². The quantitative estimate of drug-likeness (QED) is 0.0781. The molecule has 0 bridgehead atoms. The van der Waals surface area contributed by atoms with Crippen LogP contribution in [0.1, 0.15) is 17.0 Å². The molecule has 0 unspecified atom stereocenters. The first-order chi connectivity index (χ1) is 20.8. The summed E-state index contributed by atoms with van der Waals surface area (Å²) < 4.78 is 59.2. The van der Waals surface area contributed by atoms with Crippen molar-refractivity contribution in [2.75, 3.05) is 13.1 Å². The monoisotopic (exact) mass is 710 g/mol. The molecule has 5 rings (SSSR count). The van der Waals surface area contributed by atoms with Gasteiger partial charge in [0.25, 0.3) is 0 Å². The molecule has 3 aromatic carbocycles. The Morgan fingerprint density at radius 1 is 0.533 bits per heavy atom. The number of benzene rings is 3. The predicted molar refractivity (Wildman–Crippen MR) is 171 cm³/mol. The van der Waals surface area contributed by atoms with Gasteiger partial charge in [-0.15, -0.1) is 0 Å². The van der Waals surface area contributed by atoms with Gasteiger partial charge in [-0.3, -0.25) is 14.9 Å². The molecule has 0 aliphatic heterocycles. The van der Waals surface area contributed by atoms with E-state index in [0.29, 0.717) is 0 Å². The predicted octanol–water partition coefficient (Wildman–Crippen LogP) is 8.63. The Balaban J connectivity index is 0.000000621. The van der Waals surface area contributed by atoms with Gasteiger partial charge in [-0.25, -0.2) is 0 Å². The van der Waals surface area contributed by atoms with E-state index in [-0.39, 0.29) is 17.1 Å². The van der Waals surface area contributed by atoms with Crippen LogP contribution in [0.4, 0.5) is 25.2 Å². The maximum atomic E-state index is 9.87. The number of hydrogen-bond donors (Lipinski definition) is 0. The molecule has 0 saturated carbocycles. The minimum absolute atomic E-state index is 0. The summed E-state index contributed by atoms with van der Waals surface area (Å²) in [5.74, 6) is 0. The summed E-state index contributed by atoms with van der Waals surface area (Å²) in [6.45, 7) is 2.82. The van der Waals surface area contributed by atoms with E-state index < -0.39 is 15.7 Å². The molecule has 0 amide bonds. The van der Waals surface area contributed by atoms with Crippen molar-refractivity contribution in [3.05, 3.63) is 151 Å². The zero-order chi connectivity index (χ0) is 31.5. The van der Waals surface area contributed by atoms with Gasteiger partial charge in [-0.1, -0.05) is 66.7 Å². The van der Waals surface area contributed by atoms with Gasteiger partial charge in [-0.05, 0) is 54.6 Å². The fourth-order valence-corrected chi connectivity index (χ4v) is 7.49. The largest absolute Gasteiger partial charge is 2.00 e. The summed E-state index contributed by atoms with van der Waals surface area (Å²) in [6, 6.07) is 43.4. The maximum absolute atomic E-state index is 10.7. The third-order valence-corrected chi connectivity index (χ3v) is 9.47. The first-order valence-corrected chi connectivity index (χ1v) is 17.5. The van der Waals surface area contributed by atoms with Crippen molar-refractivity contribution in [3.8, 4) is 0 Å². The molecule has 2 aromatic heterocycles. The SMILES string of the molecule is F[P-](F)(F)(F)(F)F.[Cu+2].c1ccc([PH+](c2ccccc2)c2ccccc2CN(CCc2ccccn2)CCc2ccccn2)cc1. The van der Waals surface area contributed by atoms with Crippen LogP contribution in [0.25, 0.3) is 0 Å². The standard InChI is InChI=1S/C33H32N3P.Cu.F6P/c1-3-16-31(17-4-1)37(32-18-5-2-6-19-32)33-20-8-7-13-28(33)27-36(25-21-29-14-9-11-23-34-29)26-22-30-15-10-12-24-35-30;;1-7(2,3,4,5)6/h1-20,23-24H,21-22,25-27H2;;/q;+2;-1/p+1. The van der Waals surface area contributed by atoms with E-state index in [9.17, 15) is 25.2 Å². The first-order valence-electron chi connectivity index (χ1n) is 14.0. The van der Waals surface area contributed by atoms with Gasteiger partial charge in [0.15, 0.2) is 0 Å². The normalized spacial score (nSPS) is 12.8. The van der Waals surface area contributed by atoms with Crippen molar-refractivity contribution in [1.82, 2.24) is 14.9 Å². The second-order valence-corrected chi connectivity index (χ2v) is 14.5. The molecule has 0 saturated heterocycles. The molecule has 45 heavy (non-hydrogen) atoms. The molecule has 12 heteroatoms. The number of rotatable bonds is 11. The van der Waals surface area contributed by atoms with Crippen LogP contribution in [0, 0.1) is 0 Å². The van der Waals surface area contributed by atoms with Crippen LogP contribution in [0.5, 0.6) is 0 Å². The number of pyridine rings is 2. The van der Waals surface area contributed by atoms with Crippen molar-refractivity contribution < 1.29 is 42.3 Å². The van der Waals surface area contributed by atoms with Crippen LogP contribution in [0.15, 0.2) is 134 Å². The van der Waals surface area contributed by atoms with Gasteiger partial charge in [0.1, 0.15) is 15.9 Å². The zero-order valence-electron chi connectivity index (χ0n) is 24.1. The van der Waals surface area contributed by atoms with E-state index in [0.717, 1.165) is 43.9 Å². The number of hydrogen-bond acceptors (Lipinski definition) is 3. The van der Waals surface area contributed by atoms with E-state index in [2.05, 4.69) is 124 Å². The van der Waals surface area contributed by atoms with Crippen LogP contribution in [-0.4, -0.2) is 28.0 Å². The van der Waals surface area contributed by atoms with E-state index >= 15 is 0 Å². The zero-order valence-corrected chi connectivity index (χ0v) is 26.9. The summed E-state index contributed by atoms with van der Waals surface area (Å²) in [7, 11) is -11.8. The summed E-state index contributed by atoms with van der Waals surface area (Å²) in [4.78, 5) is 11.7. The Bertz CT molecular complexity index is 1490. The molecular formula is C33H33CuF6N3P2+2. The van der Waals surface area contributed by atoms with E-state index in [4.69, 9.17) is 0 Å². The maximum Gasteiger partial charge on any atom is 2.00 e. The van der Waals surface area contributed by atoms with Gasteiger partial charge in [0, 0.05) is 61.8 Å². The van der Waals surface area contributed by atoms with E-state index in [1.807, 2.05) is 24.5 Å². The third-order valence-electron chi connectivity index (χ3n) is 6.63. The molecule has 3 nitrogen and oxygen atoms in total. The molecule has 1 radical (unpaired) electrons. The Hall–Kier alpha value is -3.12. The van der Waals surface area contributed by atoms with E-state index in [1.165, 1.54) is 21.5 Å². The van der Waals surface area contributed by atoms with E-state index in [1.54, 1.807) is 0 Å². The van der Waals surface area contributed by atoms with Crippen molar-refractivity contribution >= 4 is 31.6 Å². The van der Waals surface area contributed by atoms with Crippen LogP contribution in [0.3, 0.4) is 0 Å². The van der Waals surface area contributed by atoms with Gasteiger partial charge < -0.3 is 0 Å². The van der Waals surface area contributed by atoms with Crippen molar-refractivity contribution in [2.24, 2.45) is 0 Å². The summed E-state index contributed by atoms with van der Waals surface area (Å²) in [5, 5.41) is 4.30. The number of halogens is 6. The summed E-state index contributed by atoms with van der Waals surface area (Å²) in [5.41, 5.74) is 3.68. The fourth-order valence-electron chi connectivity index (χ4n) is 4.74. The smallest absolute Gasteiger partial charge is 0.298 e.